The van der Waals surface area contributed by atoms with Crippen LogP contribution in [0.2, 0.25) is 0 Å². The van der Waals surface area contributed by atoms with Crippen LogP contribution in [-0.4, -0.2) is 34.8 Å². The molecular weight excluding hydrogens is 408 g/mol. The van der Waals surface area contributed by atoms with Crippen LogP contribution in [0.25, 0.3) is 0 Å². The average molecular weight is 435 g/mol. The molecule has 2 amide bonds. The van der Waals surface area contributed by atoms with E-state index < -0.39 is 0 Å². The Morgan fingerprint density at radius 3 is 2.58 bits per heavy atom. The summed E-state index contributed by atoms with van der Waals surface area (Å²) in [5.41, 5.74) is 4.95. The van der Waals surface area contributed by atoms with Crippen molar-refractivity contribution in [3.05, 3.63) is 81.4 Å². The first-order valence-corrected chi connectivity index (χ1v) is 11.2. The largest absolute Gasteiger partial charge is 0.343 e. The molecule has 1 aliphatic heterocycles. The Bertz CT molecular complexity index is 1070. The van der Waals surface area contributed by atoms with Gasteiger partial charge < -0.3 is 10.6 Å². The second-order valence-corrected chi connectivity index (χ2v) is 9.03. The van der Waals surface area contributed by atoms with Gasteiger partial charge in [0.2, 0.25) is 5.91 Å². The number of rotatable bonds is 6. The first kappa shape index (κ1) is 21.2. The highest BCUT2D eigenvalue weighted by molar-refractivity contribution is 7.15. The summed E-state index contributed by atoms with van der Waals surface area (Å²) in [7, 11) is 0. The molecule has 0 bridgehead atoms. The molecule has 0 saturated heterocycles. The SMILES string of the molecule is Cc1cc(C)cc(C(=O)NCC(=O)Nc2nc3c(s2)CN(Cc2ccccc2)CC3)c1. The van der Waals surface area contributed by atoms with Crippen molar-refractivity contribution in [3.8, 4) is 0 Å². The van der Waals surface area contributed by atoms with Crippen molar-refractivity contribution in [3.63, 3.8) is 0 Å². The third-order valence-electron chi connectivity index (χ3n) is 5.20. The van der Waals surface area contributed by atoms with E-state index in [4.69, 9.17) is 0 Å². The van der Waals surface area contributed by atoms with Gasteiger partial charge in [0.15, 0.2) is 5.13 Å². The minimum Gasteiger partial charge on any atom is -0.343 e. The third kappa shape index (κ3) is 5.57. The molecule has 2 N–H and O–H groups in total. The van der Waals surface area contributed by atoms with E-state index in [1.807, 2.05) is 38.1 Å². The molecule has 3 aromatic rings. The summed E-state index contributed by atoms with van der Waals surface area (Å²) in [6, 6.07) is 16.1. The van der Waals surface area contributed by atoms with Crippen molar-refractivity contribution in [1.82, 2.24) is 15.2 Å². The van der Waals surface area contributed by atoms with Gasteiger partial charge in [-0.2, -0.15) is 0 Å². The Morgan fingerprint density at radius 2 is 1.84 bits per heavy atom. The number of hydrogen-bond donors (Lipinski definition) is 2. The standard InChI is InChI=1S/C24H26N4O2S/c1-16-10-17(2)12-19(11-16)23(30)25-13-22(29)27-24-26-20-8-9-28(15-21(20)31-24)14-18-6-4-3-5-7-18/h3-7,10-12H,8-9,13-15H2,1-2H3,(H,25,30)(H,26,27,29). The van der Waals surface area contributed by atoms with Gasteiger partial charge in [-0.15, -0.1) is 11.3 Å². The van der Waals surface area contributed by atoms with E-state index in [9.17, 15) is 9.59 Å². The van der Waals surface area contributed by atoms with E-state index in [0.717, 1.165) is 42.9 Å². The zero-order valence-electron chi connectivity index (χ0n) is 17.8. The molecule has 0 unspecified atom stereocenters. The lowest BCUT2D eigenvalue weighted by Crippen LogP contribution is -2.32. The summed E-state index contributed by atoms with van der Waals surface area (Å²) in [5.74, 6) is -0.526. The number of aromatic nitrogens is 1. The first-order chi connectivity index (χ1) is 15.0. The van der Waals surface area contributed by atoms with Crippen LogP contribution in [0.4, 0.5) is 5.13 Å². The van der Waals surface area contributed by atoms with Crippen LogP contribution in [0.1, 0.15) is 37.6 Å². The highest BCUT2D eigenvalue weighted by atomic mass is 32.1. The smallest absolute Gasteiger partial charge is 0.251 e. The number of amides is 2. The van der Waals surface area contributed by atoms with E-state index >= 15 is 0 Å². The lowest BCUT2D eigenvalue weighted by atomic mass is 10.1. The molecule has 0 atom stereocenters. The molecule has 4 rings (SSSR count). The van der Waals surface area contributed by atoms with E-state index in [2.05, 4.69) is 44.8 Å². The lowest BCUT2D eigenvalue weighted by Gasteiger charge is -2.25. The van der Waals surface area contributed by atoms with E-state index in [0.29, 0.717) is 10.7 Å². The average Bonchev–Trinajstić information content (AvgIpc) is 3.13. The van der Waals surface area contributed by atoms with Crippen LogP contribution >= 0.6 is 11.3 Å². The molecule has 7 heteroatoms. The molecule has 2 heterocycles. The molecule has 0 radical (unpaired) electrons. The van der Waals surface area contributed by atoms with Gasteiger partial charge >= 0.3 is 0 Å². The van der Waals surface area contributed by atoms with Crippen molar-refractivity contribution in [2.24, 2.45) is 0 Å². The number of thiazole rings is 1. The Labute approximate surface area is 186 Å². The van der Waals surface area contributed by atoms with Crippen molar-refractivity contribution >= 4 is 28.3 Å². The quantitative estimate of drug-likeness (QED) is 0.621. The van der Waals surface area contributed by atoms with Crippen LogP contribution < -0.4 is 10.6 Å². The number of carbonyl (C=O) groups is 2. The second kappa shape index (κ2) is 9.41. The highest BCUT2D eigenvalue weighted by Crippen LogP contribution is 2.29. The molecule has 31 heavy (non-hydrogen) atoms. The van der Waals surface area contributed by atoms with Gasteiger partial charge in [0.05, 0.1) is 12.2 Å². The molecule has 6 nitrogen and oxygen atoms in total. The van der Waals surface area contributed by atoms with Crippen molar-refractivity contribution in [2.75, 3.05) is 18.4 Å². The molecular formula is C24H26N4O2S. The monoisotopic (exact) mass is 434 g/mol. The second-order valence-electron chi connectivity index (χ2n) is 7.94. The van der Waals surface area contributed by atoms with Gasteiger partial charge in [0.25, 0.3) is 5.91 Å². The molecule has 2 aromatic carbocycles. The molecule has 0 fully saturated rings. The fraction of sp³-hybridized carbons (Fsp3) is 0.292. The summed E-state index contributed by atoms with van der Waals surface area (Å²) in [4.78, 5) is 32.8. The minimum absolute atomic E-state index is 0.0871. The number of nitrogens with zero attached hydrogens (tertiary/aromatic N) is 2. The summed E-state index contributed by atoms with van der Waals surface area (Å²) in [6.45, 7) is 6.50. The van der Waals surface area contributed by atoms with Crippen LogP contribution in [0.5, 0.6) is 0 Å². The number of benzene rings is 2. The van der Waals surface area contributed by atoms with Crippen LogP contribution in [0, 0.1) is 13.8 Å². The topological polar surface area (TPSA) is 74.3 Å². The summed E-state index contributed by atoms with van der Waals surface area (Å²) in [6.07, 6.45) is 0.873. The van der Waals surface area contributed by atoms with Crippen molar-refractivity contribution in [1.29, 1.82) is 0 Å². The molecule has 160 valence electrons. The van der Waals surface area contributed by atoms with E-state index in [-0.39, 0.29) is 18.4 Å². The maximum atomic E-state index is 12.3. The van der Waals surface area contributed by atoms with Crippen LogP contribution in [-0.2, 0) is 24.3 Å². The summed E-state index contributed by atoms with van der Waals surface area (Å²) in [5, 5.41) is 6.11. The molecule has 1 aromatic heterocycles. The Kier molecular flexibility index (Phi) is 6.44. The minimum atomic E-state index is -0.273. The highest BCUT2D eigenvalue weighted by Gasteiger charge is 2.21. The molecule has 0 aliphatic carbocycles. The number of nitrogens with one attached hydrogen (secondary N) is 2. The summed E-state index contributed by atoms with van der Waals surface area (Å²) < 4.78 is 0. The number of hydrogen-bond acceptors (Lipinski definition) is 5. The Morgan fingerprint density at radius 1 is 1.10 bits per heavy atom. The Balaban J connectivity index is 1.30. The maximum Gasteiger partial charge on any atom is 0.251 e. The number of anilines is 1. The molecule has 0 saturated carbocycles. The lowest BCUT2D eigenvalue weighted by molar-refractivity contribution is -0.115. The number of carbonyl (C=O) groups excluding carboxylic acids is 2. The van der Waals surface area contributed by atoms with Gasteiger partial charge in [-0.05, 0) is 31.5 Å². The van der Waals surface area contributed by atoms with E-state index in [1.165, 1.54) is 21.8 Å². The predicted molar refractivity (Wildman–Crippen MR) is 123 cm³/mol. The zero-order chi connectivity index (χ0) is 21.8. The fourth-order valence-electron chi connectivity index (χ4n) is 3.81. The van der Waals surface area contributed by atoms with Gasteiger partial charge in [-0.25, -0.2) is 4.98 Å². The van der Waals surface area contributed by atoms with Gasteiger partial charge in [0, 0.05) is 36.5 Å². The first-order valence-electron chi connectivity index (χ1n) is 10.4. The Hall–Kier alpha value is -3.03. The normalized spacial score (nSPS) is 13.5. The molecule has 1 aliphatic rings. The molecule has 0 spiro atoms. The third-order valence-corrected chi connectivity index (χ3v) is 6.20. The van der Waals surface area contributed by atoms with Crippen molar-refractivity contribution < 1.29 is 9.59 Å². The zero-order valence-corrected chi connectivity index (χ0v) is 18.6. The fourth-order valence-corrected chi connectivity index (χ4v) is 4.88. The van der Waals surface area contributed by atoms with E-state index in [1.54, 1.807) is 0 Å². The predicted octanol–water partition coefficient (Wildman–Crippen LogP) is 3.69. The van der Waals surface area contributed by atoms with Crippen molar-refractivity contribution in [2.45, 2.75) is 33.4 Å². The van der Waals surface area contributed by atoms with Gasteiger partial charge in [-0.3, -0.25) is 14.5 Å². The van der Waals surface area contributed by atoms with Crippen LogP contribution in [0.3, 0.4) is 0 Å². The number of aryl methyl sites for hydroxylation is 2. The van der Waals surface area contributed by atoms with Crippen LogP contribution in [0.15, 0.2) is 48.5 Å². The number of fused-ring (bicyclic) bond motifs is 1. The van der Waals surface area contributed by atoms with Gasteiger partial charge in [-0.1, -0.05) is 47.5 Å². The summed E-state index contributed by atoms with van der Waals surface area (Å²) >= 11 is 1.52. The van der Waals surface area contributed by atoms with Gasteiger partial charge in [0.1, 0.15) is 0 Å². The maximum absolute atomic E-state index is 12.3.